The van der Waals surface area contributed by atoms with Gasteiger partial charge in [0.1, 0.15) is 12.4 Å². The Morgan fingerprint density at radius 3 is 2.81 bits per heavy atom. The maximum absolute atomic E-state index is 12.5. The van der Waals surface area contributed by atoms with E-state index >= 15 is 0 Å². The molecular weight excluding hydrogens is 424 g/mol. The SMILES string of the molecule is O=C(Cc1cccc(OCCN2CCC(CO)CC2)c1)Nc1nc(-c2ccncc2)cs1. The van der Waals surface area contributed by atoms with Crippen molar-refractivity contribution in [1.29, 1.82) is 0 Å². The number of ether oxygens (including phenoxy) is 1. The summed E-state index contributed by atoms with van der Waals surface area (Å²) >= 11 is 1.41. The minimum atomic E-state index is -0.107. The Morgan fingerprint density at radius 2 is 2.03 bits per heavy atom. The Balaban J connectivity index is 1.24. The van der Waals surface area contributed by atoms with E-state index in [0.29, 0.717) is 24.3 Å². The number of benzene rings is 1. The Labute approximate surface area is 192 Å². The molecule has 0 spiro atoms. The first kappa shape index (κ1) is 22.4. The number of aromatic nitrogens is 2. The predicted octanol–water partition coefficient (Wildman–Crippen LogP) is 3.47. The summed E-state index contributed by atoms with van der Waals surface area (Å²) in [6, 6.07) is 11.5. The summed E-state index contributed by atoms with van der Waals surface area (Å²) in [5.74, 6) is 1.11. The molecule has 1 amide bonds. The number of nitrogens with one attached hydrogen (secondary N) is 1. The van der Waals surface area contributed by atoms with Crippen LogP contribution in [0.1, 0.15) is 18.4 Å². The van der Waals surface area contributed by atoms with Crippen LogP contribution < -0.4 is 10.1 Å². The van der Waals surface area contributed by atoms with E-state index in [0.717, 1.165) is 55.0 Å². The van der Waals surface area contributed by atoms with Crippen molar-refractivity contribution in [1.82, 2.24) is 14.9 Å². The van der Waals surface area contributed by atoms with Gasteiger partial charge in [-0.2, -0.15) is 0 Å². The molecule has 3 aromatic rings. The average molecular weight is 453 g/mol. The van der Waals surface area contributed by atoms with Gasteiger partial charge in [0.05, 0.1) is 12.1 Å². The van der Waals surface area contributed by atoms with E-state index in [1.54, 1.807) is 12.4 Å². The van der Waals surface area contributed by atoms with E-state index in [9.17, 15) is 9.90 Å². The zero-order valence-electron chi connectivity index (χ0n) is 17.9. The Kier molecular flexibility index (Phi) is 7.82. The number of amides is 1. The number of piperidine rings is 1. The maximum Gasteiger partial charge on any atom is 0.230 e. The average Bonchev–Trinajstić information content (AvgIpc) is 3.29. The van der Waals surface area contributed by atoms with Gasteiger partial charge in [-0.15, -0.1) is 11.3 Å². The number of anilines is 1. The molecule has 0 radical (unpaired) electrons. The first-order chi connectivity index (χ1) is 15.7. The molecule has 0 unspecified atom stereocenters. The van der Waals surface area contributed by atoms with Crippen molar-refractivity contribution >= 4 is 22.4 Å². The van der Waals surface area contributed by atoms with E-state index in [1.807, 2.05) is 41.8 Å². The van der Waals surface area contributed by atoms with Gasteiger partial charge in [0.15, 0.2) is 5.13 Å². The van der Waals surface area contributed by atoms with Gasteiger partial charge in [0, 0.05) is 36.5 Å². The zero-order valence-corrected chi connectivity index (χ0v) is 18.8. The van der Waals surface area contributed by atoms with Crippen LogP contribution in [0.4, 0.5) is 5.13 Å². The lowest BCUT2D eigenvalue weighted by molar-refractivity contribution is -0.115. The number of aliphatic hydroxyl groups excluding tert-OH is 1. The number of carbonyl (C=O) groups is 1. The fourth-order valence-electron chi connectivity index (χ4n) is 3.77. The summed E-state index contributed by atoms with van der Waals surface area (Å²) in [6.45, 7) is 3.78. The number of nitrogens with zero attached hydrogens (tertiary/aromatic N) is 3. The Morgan fingerprint density at radius 1 is 1.22 bits per heavy atom. The van der Waals surface area contributed by atoms with Gasteiger partial charge in [-0.3, -0.25) is 14.7 Å². The fraction of sp³-hybridized carbons (Fsp3) is 0.375. The third kappa shape index (κ3) is 6.35. The predicted molar refractivity (Wildman–Crippen MR) is 126 cm³/mol. The van der Waals surface area contributed by atoms with Crippen molar-refractivity contribution in [3.8, 4) is 17.0 Å². The summed E-state index contributed by atoms with van der Waals surface area (Å²) in [4.78, 5) is 23.4. The molecule has 0 atom stereocenters. The second-order valence-corrected chi connectivity index (χ2v) is 8.82. The highest BCUT2D eigenvalue weighted by atomic mass is 32.1. The Hall–Kier alpha value is -2.81. The number of pyridine rings is 1. The first-order valence-corrected chi connectivity index (χ1v) is 11.8. The molecule has 0 aliphatic carbocycles. The molecule has 32 heavy (non-hydrogen) atoms. The quantitative estimate of drug-likeness (QED) is 0.517. The van der Waals surface area contributed by atoms with Gasteiger partial charge in [-0.05, 0) is 61.7 Å². The van der Waals surface area contributed by atoms with Crippen molar-refractivity contribution in [2.24, 2.45) is 5.92 Å². The molecule has 1 aliphatic rings. The molecule has 168 valence electrons. The van der Waals surface area contributed by atoms with Gasteiger partial charge in [0.2, 0.25) is 5.91 Å². The highest BCUT2D eigenvalue weighted by Crippen LogP contribution is 2.24. The third-order valence-corrected chi connectivity index (χ3v) is 6.39. The number of rotatable bonds is 9. The number of aliphatic hydroxyl groups is 1. The molecule has 7 nitrogen and oxygen atoms in total. The maximum atomic E-state index is 12.5. The molecule has 2 aromatic heterocycles. The molecule has 1 aliphatic heterocycles. The molecule has 1 saturated heterocycles. The van der Waals surface area contributed by atoms with Crippen LogP contribution in [0.3, 0.4) is 0 Å². The van der Waals surface area contributed by atoms with Crippen molar-refractivity contribution in [2.75, 3.05) is 38.2 Å². The van der Waals surface area contributed by atoms with Gasteiger partial charge in [-0.25, -0.2) is 4.98 Å². The summed E-state index contributed by atoms with van der Waals surface area (Å²) in [7, 11) is 0. The minimum Gasteiger partial charge on any atom is -0.492 e. The van der Waals surface area contributed by atoms with E-state index < -0.39 is 0 Å². The van der Waals surface area contributed by atoms with Crippen LogP contribution in [-0.4, -0.2) is 58.7 Å². The second kappa shape index (κ2) is 11.2. The van der Waals surface area contributed by atoms with E-state index in [1.165, 1.54) is 11.3 Å². The van der Waals surface area contributed by atoms with Gasteiger partial charge < -0.3 is 15.2 Å². The van der Waals surface area contributed by atoms with E-state index in [4.69, 9.17) is 4.74 Å². The van der Waals surface area contributed by atoms with Crippen LogP contribution in [0.15, 0.2) is 54.2 Å². The lowest BCUT2D eigenvalue weighted by Crippen LogP contribution is -2.37. The summed E-state index contributed by atoms with van der Waals surface area (Å²) < 4.78 is 5.92. The lowest BCUT2D eigenvalue weighted by Gasteiger charge is -2.30. The van der Waals surface area contributed by atoms with Crippen molar-refractivity contribution < 1.29 is 14.6 Å². The van der Waals surface area contributed by atoms with Gasteiger partial charge in [0.25, 0.3) is 0 Å². The highest BCUT2D eigenvalue weighted by Gasteiger charge is 2.18. The molecule has 2 N–H and O–H groups in total. The summed E-state index contributed by atoms with van der Waals surface area (Å²) in [5, 5.41) is 14.6. The largest absolute Gasteiger partial charge is 0.492 e. The molecule has 0 bridgehead atoms. The molecule has 3 heterocycles. The van der Waals surface area contributed by atoms with Crippen molar-refractivity contribution in [3.63, 3.8) is 0 Å². The normalized spacial score (nSPS) is 14.9. The molecule has 1 fully saturated rings. The Bertz CT molecular complexity index is 1000. The second-order valence-electron chi connectivity index (χ2n) is 7.96. The lowest BCUT2D eigenvalue weighted by atomic mass is 9.98. The summed E-state index contributed by atoms with van der Waals surface area (Å²) in [6.07, 6.45) is 5.80. The minimum absolute atomic E-state index is 0.107. The number of likely N-dealkylation sites (tertiary alicyclic amines) is 1. The van der Waals surface area contributed by atoms with Crippen LogP contribution in [0.5, 0.6) is 5.75 Å². The standard InChI is InChI=1S/C24H28N4O3S/c29-16-18-6-10-28(11-7-18)12-13-31-21-3-1-2-19(14-21)15-23(30)27-24-26-22(17-32-24)20-4-8-25-9-5-20/h1-5,8-9,14,17-18,29H,6-7,10-13,15-16H2,(H,26,27,30). The van der Waals surface area contributed by atoms with E-state index in [2.05, 4.69) is 20.2 Å². The zero-order chi connectivity index (χ0) is 22.2. The molecular formula is C24H28N4O3S. The summed E-state index contributed by atoms with van der Waals surface area (Å²) in [5.41, 5.74) is 2.69. The van der Waals surface area contributed by atoms with Crippen molar-refractivity contribution in [3.05, 3.63) is 59.7 Å². The highest BCUT2D eigenvalue weighted by molar-refractivity contribution is 7.14. The first-order valence-electron chi connectivity index (χ1n) is 10.9. The van der Waals surface area contributed by atoms with Gasteiger partial charge in [-0.1, -0.05) is 12.1 Å². The third-order valence-electron chi connectivity index (χ3n) is 5.63. The van der Waals surface area contributed by atoms with Gasteiger partial charge >= 0.3 is 0 Å². The smallest absolute Gasteiger partial charge is 0.230 e. The number of hydrogen-bond donors (Lipinski definition) is 2. The van der Waals surface area contributed by atoms with Crippen LogP contribution in [0.25, 0.3) is 11.3 Å². The molecule has 1 aromatic carbocycles. The molecule has 0 saturated carbocycles. The molecule has 8 heteroatoms. The molecule has 4 rings (SSSR count). The van der Waals surface area contributed by atoms with E-state index in [-0.39, 0.29) is 12.3 Å². The fourth-order valence-corrected chi connectivity index (χ4v) is 4.50. The van der Waals surface area contributed by atoms with Crippen LogP contribution in [0.2, 0.25) is 0 Å². The monoisotopic (exact) mass is 452 g/mol. The van der Waals surface area contributed by atoms with Crippen molar-refractivity contribution in [2.45, 2.75) is 19.3 Å². The van der Waals surface area contributed by atoms with Crippen LogP contribution >= 0.6 is 11.3 Å². The number of thiazole rings is 1. The number of carbonyl (C=O) groups excluding carboxylic acids is 1. The van der Waals surface area contributed by atoms with Crippen LogP contribution in [-0.2, 0) is 11.2 Å². The number of hydrogen-bond acceptors (Lipinski definition) is 7. The topological polar surface area (TPSA) is 87.6 Å². The van der Waals surface area contributed by atoms with Crippen LogP contribution in [0, 0.1) is 5.92 Å².